The lowest BCUT2D eigenvalue weighted by molar-refractivity contribution is 0.218. The number of likely N-dealkylation sites (tertiary alicyclic amines) is 1. The first-order valence-electron chi connectivity index (χ1n) is 8.91. The molecule has 1 N–H and O–H groups in total. The monoisotopic (exact) mass is 315 g/mol. The molecule has 23 heavy (non-hydrogen) atoms. The number of aliphatic hydroxyl groups is 1. The summed E-state index contributed by atoms with van der Waals surface area (Å²) in [6.45, 7) is 10.9. The Bertz CT molecular complexity index is 669. The number of aromatic nitrogens is 2. The van der Waals surface area contributed by atoms with Gasteiger partial charge in [0.1, 0.15) is 0 Å². The third-order valence-electron chi connectivity index (χ3n) is 4.88. The second-order valence-corrected chi connectivity index (χ2v) is 7.26. The van der Waals surface area contributed by atoms with E-state index < -0.39 is 0 Å². The molecule has 1 saturated heterocycles. The van der Waals surface area contributed by atoms with Gasteiger partial charge in [0.25, 0.3) is 0 Å². The van der Waals surface area contributed by atoms with E-state index in [0.717, 1.165) is 18.7 Å². The molecule has 1 aliphatic rings. The van der Waals surface area contributed by atoms with Crippen molar-refractivity contribution in [2.75, 3.05) is 13.1 Å². The summed E-state index contributed by atoms with van der Waals surface area (Å²) >= 11 is 0. The van der Waals surface area contributed by atoms with E-state index in [-0.39, 0.29) is 6.61 Å². The average Bonchev–Trinajstić information content (AvgIpc) is 2.86. The summed E-state index contributed by atoms with van der Waals surface area (Å²) in [5.74, 6) is 0.554. The topological polar surface area (TPSA) is 41.3 Å². The predicted octanol–water partition coefficient (Wildman–Crippen LogP) is 3.48. The van der Waals surface area contributed by atoms with Gasteiger partial charge in [0.2, 0.25) is 0 Å². The van der Waals surface area contributed by atoms with E-state index in [1.54, 1.807) is 0 Å². The van der Waals surface area contributed by atoms with Gasteiger partial charge in [-0.15, -0.1) is 0 Å². The minimum Gasteiger partial charge on any atom is -0.392 e. The number of benzene rings is 1. The summed E-state index contributed by atoms with van der Waals surface area (Å²) in [4.78, 5) is 2.53. The number of hydrogen-bond donors (Lipinski definition) is 1. The molecular formula is C19H29N3O. The third kappa shape index (κ3) is 3.43. The highest BCUT2D eigenvalue weighted by Gasteiger charge is 2.18. The second kappa shape index (κ2) is 7.02. The van der Waals surface area contributed by atoms with E-state index in [4.69, 9.17) is 5.10 Å². The minimum absolute atomic E-state index is 0.0933. The Balaban J connectivity index is 2.02. The fraction of sp³-hybridized carbons (Fsp3) is 0.632. The van der Waals surface area contributed by atoms with Crippen molar-refractivity contribution in [3.8, 4) is 0 Å². The van der Waals surface area contributed by atoms with Gasteiger partial charge in [0, 0.05) is 18.5 Å². The summed E-state index contributed by atoms with van der Waals surface area (Å²) < 4.78 is 2.16. The van der Waals surface area contributed by atoms with Gasteiger partial charge < -0.3 is 5.11 Å². The van der Waals surface area contributed by atoms with Gasteiger partial charge in [-0.2, -0.15) is 5.10 Å². The molecule has 1 aliphatic heterocycles. The fourth-order valence-electron chi connectivity index (χ4n) is 3.65. The number of nitrogens with zero attached hydrogens (tertiary/aromatic N) is 3. The van der Waals surface area contributed by atoms with Crippen LogP contribution < -0.4 is 0 Å². The first-order valence-corrected chi connectivity index (χ1v) is 8.91. The Kier molecular flexibility index (Phi) is 5.02. The van der Waals surface area contributed by atoms with Crippen LogP contribution in [0.3, 0.4) is 0 Å². The van der Waals surface area contributed by atoms with Gasteiger partial charge >= 0.3 is 0 Å². The maximum Gasteiger partial charge on any atom is 0.0843 e. The number of fused-ring (bicyclic) bond motifs is 1. The Morgan fingerprint density at radius 2 is 1.91 bits per heavy atom. The molecule has 0 radical (unpaired) electrons. The van der Waals surface area contributed by atoms with Crippen LogP contribution in [0, 0.1) is 12.8 Å². The highest BCUT2D eigenvalue weighted by atomic mass is 16.3. The minimum atomic E-state index is 0.0933. The molecule has 4 heteroatoms. The van der Waals surface area contributed by atoms with Crippen LogP contribution in [-0.2, 0) is 19.7 Å². The molecule has 2 heterocycles. The number of hydrogen-bond acceptors (Lipinski definition) is 3. The van der Waals surface area contributed by atoms with Crippen molar-refractivity contribution in [3.63, 3.8) is 0 Å². The molecule has 1 fully saturated rings. The van der Waals surface area contributed by atoms with Gasteiger partial charge in [-0.1, -0.05) is 32.4 Å². The van der Waals surface area contributed by atoms with E-state index in [1.165, 1.54) is 54.5 Å². The Hall–Kier alpha value is -1.39. The van der Waals surface area contributed by atoms with Crippen molar-refractivity contribution in [1.29, 1.82) is 0 Å². The number of aliphatic hydroxyl groups excluding tert-OH is 1. The normalized spacial score (nSPS) is 16.6. The first-order chi connectivity index (χ1) is 11.1. The van der Waals surface area contributed by atoms with Crippen molar-refractivity contribution in [2.45, 2.75) is 59.7 Å². The SMILES string of the molecule is Cc1c(CO)ccc2c(CN3CCCCC3)nn(CC(C)C)c12. The molecule has 1 aromatic carbocycles. The van der Waals surface area contributed by atoms with Crippen molar-refractivity contribution < 1.29 is 5.11 Å². The van der Waals surface area contributed by atoms with Crippen molar-refractivity contribution in [2.24, 2.45) is 5.92 Å². The predicted molar refractivity (Wildman–Crippen MR) is 94.4 cm³/mol. The fourth-order valence-corrected chi connectivity index (χ4v) is 3.65. The van der Waals surface area contributed by atoms with E-state index in [1.807, 2.05) is 0 Å². The van der Waals surface area contributed by atoms with Gasteiger partial charge in [0.15, 0.2) is 0 Å². The smallest absolute Gasteiger partial charge is 0.0843 e. The molecule has 2 aromatic rings. The first kappa shape index (κ1) is 16.5. The van der Waals surface area contributed by atoms with Crippen LogP contribution in [0.25, 0.3) is 10.9 Å². The van der Waals surface area contributed by atoms with Crippen LogP contribution in [0.4, 0.5) is 0 Å². The van der Waals surface area contributed by atoms with Crippen LogP contribution in [0.1, 0.15) is 49.9 Å². The summed E-state index contributed by atoms with van der Waals surface area (Å²) in [6.07, 6.45) is 3.97. The second-order valence-electron chi connectivity index (χ2n) is 7.26. The highest BCUT2D eigenvalue weighted by molar-refractivity contribution is 5.86. The zero-order valence-corrected chi connectivity index (χ0v) is 14.7. The zero-order chi connectivity index (χ0) is 16.4. The number of aryl methyl sites for hydroxylation is 1. The van der Waals surface area contributed by atoms with E-state index in [9.17, 15) is 5.11 Å². The quantitative estimate of drug-likeness (QED) is 0.918. The molecule has 0 amide bonds. The molecule has 126 valence electrons. The summed E-state index contributed by atoms with van der Waals surface area (Å²) in [5.41, 5.74) is 4.57. The zero-order valence-electron chi connectivity index (χ0n) is 14.7. The van der Waals surface area contributed by atoms with Gasteiger partial charge in [-0.05, 0) is 49.9 Å². The van der Waals surface area contributed by atoms with Crippen molar-refractivity contribution in [3.05, 3.63) is 29.0 Å². The van der Waals surface area contributed by atoms with Gasteiger partial charge in [-0.25, -0.2) is 0 Å². The highest BCUT2D eigenvalue weighted by Crippen LogP contribution is 2.27. The third-order valence-corrected chi connectivity index (χ3v) is 4.88. The molecular weight excluding hydrogens is 286 g/mol. The summed E-state index contributed by atoms with van der Waals surface area (Å²) in [5, 5.41) is 15.8. The lowest BCUT2D eigenvalue weighted by atomic mass is 10.0. The Morgan fingerprint density at radius 3 is 2.57 bits per heavy atom. The molecule has 3 rings (SSSR count). The maximum absolute atomic E-state index is 9.58. The van der Waals surface area contributed by atoms with Crippen LogP contribution in [0.5, 0.6) is 0 Å². The molecule has 0 aliphatic carbocycles. The number of rotatable bonds is 5. The van der Waals surface area contributed by atoms with Crippen molar-refractivity contribution in [1.82, 2.24) is 14.7 Å². The molecule has 0 atom stereocenters. The van der Waals surface area contributed by atoms with Crippen LogP contribution in [0.15, 0.2) is 12.1 Å². The van der Waals surface area contributed by atoms with Crippen LogP contribution >= 0.6 is 0 Å². The molecule has 1 aromatic heterocycles. The van der Waals surface area contributed by atoms with Crippen molar-refractivity contribution >= 4 is 10.9 Å². The molecule has 0 saturated carbocycles. The standard InChI is InChI=1S/C19H29N3O/c1-14(2)11-22-19-15(3)16(13-23)7-8-17(19)18(20-22)12-21-9-5-4-6-10-21/h7-8,14,23H,4-6,9-13H2,1-3H3. The van der Waals surface area contributed by atoms with E-state index in [2.05, 4.69) is 42.5 Å². The van der Waals surface area contributed by atoms with E-state index in [0.29, 0.717) is 5.92 Å². The van der Waals surface area contributed by atoms with Gasteiger partial charge in [-0.3, -0.25) is 9.58 Å². The molecule has 0 unspecified atom stereocenters. The maximum atomic E-state index is 9.58. The van der Waals surface area contributed by atoms with Crippen LogP contribution in [0.2, 0.25) is 0 Å². The lowest BCUT2D eigenvalue weighted by Gasteiger charge is -2.25. The largest absolute Gasteiger partial charge is 0.392 e. The molecule has 0 spiro atoms. The summed E-state index contributed by atoms with van der Waals surface area (Å²) in [7, 11) is 0. The van der Waals surface area contributed by atoms with Gasteiger partial charge in [0.05, 0.1) is 17.8 Å². The molecule has 4 nitrogen and oxygen atoms in total. The number of piperidine rings is 1. The Labute approximate surface area is 139 Å². The van der Waals surface area contributed by atoms with Crippen LogP contribution in [-0.4, -0.2) is 32.9 Å². The average molecular weight is 315 g/mol. The molecule has 0 bridgehead atoms. The lowest BCUT2D eigenvalue weighted by Crippen LogP contribution is -2.29. The van der Waals surface area contributed by atoms with E-state index >= 15 is 0 Å². The Morgan fingerprint density at radius 1 is 1.17 bits per heavy atom. The summed E-state index contributed by atoms with van der Waals surface area (Å²) in [6, 6.07) is 4.20.